The van der Waals surface area contributed by atoms with Crippen LogP contribution in [0.5, 0.6) is 0 Å². The van der Waals surface area contributed by atoms with Crippen molar-refractivity contribution in [1.82, 2.24) is 9.13 Å². The Kier molecular flexibility index (Phi) is 19.2. The molecule has 0 fully saturated rings. The predicted molar refractivity (Wildman–Crippen MR) is 503 cm³/mol. The van der Waals surface area contributed by atoms with Crippen molar-refractivity contribution in [1.29, 1.82) is 0 Å². The molecule has 22 rings (SSSR count). The zero-order valence-corrected chi connectivity index (χ0v) is 65.7. The zero-order valence-electron chi connectivity index (χ0n) is 64.1. The molecule has 2 heterocycles. The van der Waals surface area contributed by atoms with Crippen LogP contribution in [0.4, 0.5) is 28.4 Å². The van der Waals surface area contributed by atoms with Gasteiger partial charge in [-0.15, -0.1) is 0 Å². The maximum Gasteiger partial charge on any atom is 0.0542 e. The van der Waals surface area contributed by atoms with Crippen LogP contribution >= 0.6 is 15.9 Å². The highest BCUT2D eigenvalue weighted by molar-refractivity contribution is 9.10. The van der Waals surface area contributed by atoms with Gasteiger partial charge in [-0.1, -0.05) is 356 Å². The van der Waals surface area contributed by atoms with Crippen molar-refractivity contribution in [3.63, 3.8) is 0 Å². The topological polar surface area (TPSA) is 25.1 Å². The van der Waals surface area contributed by atoms with Crippen molar-refractivity contribution in [3.8, 4) is 78.1 Å². The third-order valence-electron chi connectivity index (χ3n) is 22.7. The Hall–Kier alpha value is -14.9. The van der Waals surface area contributed by atoms with Crippen LogP contribution in [-0.4, -0.2) is 9.13 Å². The molecule has 117 heavy (non-hydrogen) atoms. The molecule has 0 aliphatic carbocycles. The van der Waals surface area contributed by atoms with Gasteiger partial charge in [0.15, 0.2) is 0 Å². The lowest BCUT2D eigenvalue weighted by Crippen LogP contribution is -2.09. The lowest BCUT2D eigenvalue weighted by atomic mass is 9.86. The summed E-state index contributed by atoms with van der Waals surface area (Å²) in [5.41, 5.74) is 27.6. The molecule has 0 saturated heterocycles. The summed E-state index contributed by atoms with van der Waals surface area (Å²) in [6.07, 6.45) is 0. The van der Waals surface area contributed by atoms with Crippen LogP contribution in [-0.2, 0) is 0 Å². The summed E-state index contributed by atoms with van der Waals surface area (Å²) in [5.74, 6) is 0. The number of benzene rings is 20. The molecule has 1 N–H and O–H groups in total. The second kappa shape index (κ2) is 31.6. The van der Waals surface area contributed by atoms with Crippen LogP contribution in [0.15, 0.2) is 466 Å². The first-order chi connectivity index (χ1) is 58.0. The molecule has 552 valence electrons. The number of anilines is 5. The van der Waals surface area contributed by atoms with Gasteiger partial charge in [0.05, 0.1) is 22.1 Å². The van der Waals surface area contributed by atoms with Crippen molar-refractivity contribution in [2.75, 3.05) is 10.2 Å². The second-order valence-corrected chi connectivity index (χ2v) is 30.5. The van der Waals surface area contributed by atoms with E-state index in [1.54, 1.807) is 0 Å². The zero-order chi connectivity index (χ0) is 78.0. The highest BCUT2D eigenvalue weighted by Crippen LogP contribution is 2.48. The van der Waals surface area contributed by atoms with Crippen LogP contribution in [0.3, 0.4) is 0 Å². The first kappa shape index (κ1) is 71.2. The summed E-state index contributed by atoms with van der Waals surface area (Å²) in [6, 6.07) is 165. The summed E-state index contributed by atoms with van der Waals surface area (Å²) in [4.78, 5) is 2.36. The number of aromatic nitrogens is 2. The molecule has 0 radical (unpaired) electrons. The molecule has 0 atom stereocenters. The first-order valence-corrected chi connectivity index (χ1v) is 40.7. The molecule has 0 unspecified atom stereocenters. The number of para-hydroxylation sites is 6. The molecule has 5 heteroatoms. The molecule has 20 aromatic carbocycles. The van der Waals surface area contributed by atoms with Gasteiger partial charge < -0.3 is 19.4 Å². The first-order valence-electron chi connectivity index (χ1n) is 39.9. The summed E-state index contributed by atoms with van der Waals surface area (Å²) in [5, 5.41) is 18.7. The van der Waals surface area contributed by atoms with E-state index in [1.807, 2.05) is 18.2 Å². The molecular formula is C112H77BrN4. The fourth-order valence-corrected chi connectivity index (χ4v) is 17.7. The van der Waals surface area contributed by atoms with Gasteiger partial charge in [-0.25, -0.2) is 0 Å². The minimum Gasteiger partial charge on any atom is -0.356 e. The molecular weight excluding hydrogens is 1480 g/mol. The Balaban J connectivity index is 0.000000125. The van der Waals surface area contributed by atoms with Gasteiger partial charge in [-0.3, -0.25) is 0 Å². The lowest BCUT2D eigenvalue weighted by Gasteiger charge is -2.26. The molecule has 0 amide bonds. The third-order valence-corrected chi connectivity index (χ3v) is 23.2. The fraction of sp³-hybridized carbons (Fsp3) is 0. The highest BCUT2D eigenvalue weighted by Gasteiger charge is 2.22. The Morgan fingerprint density at radius 3 is 0.838 bits per heavy atom. The number of rotatable bonds is 13. The Morgan fingerprint density at radius 1 is 0.179 bits per heavy atom. The van der Waals surface area contributed by atoms with Crippen LogP contribution in [0, 0.1) is 0 Å². The van der Waals surface area contributed by atoms with Crippen LogP contribution in [0.2, 0.25) is 0 Å². The number of hydrogen-bond donors (Lipinski definition) is 1. The van der Waals surface area contributed by atoms with Crippen molar-refractivity contribution in [2.45, 2.75) is 0 Å². The van der Waals surface area contributed by atoms with Crippen molar-refractivity contribution >= 4 is 131 Å². The van der Waals surface area contributed by atoms with E-state index in [4.69, 9.17) is 0 Å². The summed E-state index contributed by atoms with van der Waals surface area (Å²) >= 11 is 3.53. The van der Waals surface area contributed by atoms with Gasteiger partial charge >= 0.3 is 0 Å². The minimum absolute atomic E-state index is 1.10. The van der Waals surface area contributed by atoms with E-state index in [0.29, 0.717) is 0 Å². The van der Waals surface area contributed by atoms with E-state index in [0.717, 1.165) is 38.6 Å². The average molecular weight is 1560 g/mol. The van der Waals surface area contributed by atoms with E-state index >= 15 is 0 Å². The van der Waals surface area contributed by atoms with E-state index in [-0.39, 0.29) is 0 Å². The van der Waals surface area contributed by atoms with Crippen LogP contribution < -0.4 is 10.2 Å². The molecule has 2 aromatic heterocycles. The molecule has 0 aliphatic rings. The van der Waals surface area contributed by atoms with Gasteiger partial charge in [0.2, 0.25) is 0 Å². The van der Waals surface area contributed by atoms with Crippen molar-refractivity contribution < 1.29 is 0 Å². The maximum absolute atomic E-state index is 3.53. The van der Waals surface area contributed by atoms with Crippen LogP contribution in [0.25, 0.3) is 165 Å². The van der Waals surface area contributed by atoms with Gasteiger partial charge in [0, 0.05) is 65.8 Å². The Bertz CT molecular complexity index is 7220. The van der Waals surface area contributed by atoms with Gasteiger partial charge in [-0.05, 0) is 231 Å². The number of fused-ring (bicyclic) bond motifs is 10. The Labute approximate surface area is 689 Å². The quantitative estimate of drug-likeness (QED) is 0.116. The molecule has 0 saturated carbocycles. The third kappa shape index (κ3) is 13.7. The number of hydrogen-bond acceptors (Lipinski definition) is 2. The summed E-state index contributed by atoms with van der Waals surface area (Å²) in [7, 11) is 0. The summed E-state index contributed by atoms with van der Waals surface area (Å²) in [6.45, 7) is 0. The average Bonchev–Trinajstić information content (AvgIpc) is 1.67. The normalized spacial score (nSPS) is 11.3. The second-order valence-electron chi connectivity index (χ2n) is 29.6. The van der Waals surface area contributed by atoms with E-state index in [9.17, 15) is 0 Å². The fourth-order valence-electron chi connectivity index (χ4n) is 17.4. The predicted octanol–water partition coefficient (Wildman–Crippen LogP) is 31.8. The van der Waals surface area contributed by atoms with Crippen molar-refractivity contribution in [3.05, 3.63) is 466 Å². The van der Waals surface area contributed by atoms with E-state index < -0.39 is 0 Å². The largest absolute Gasteiger partial charge is 0.356 e. The van der Waals surface area contributed by atoms with Gasteiger partial charge in [-0.2, -0.15) is 0 Å². The molecule has 0 spiro atoms. The molecule has 4 nitrogen and oxygen atoms in total. The lowest BCUT2D eigenvalue weighted by molar-refractivity contribution is 1.18. The van der Waals surface area contributed by atoms with Gasteiger partial charge in [0.1, 0.15) is 0 Å². The number of nitrogens with zero attached hydrogens (tertiary/aromatic N) is 3. The van der Waals surface area contributed by atoms with Gasteiger partial charge in [0.25, 0.3) is 0 Å². The summed E-state index contributed by atoms with van der Waals surface area (Å²) < 4.78 is 5.79. The number of nitrogens with one attached hydrogen (secondary N) is 1. The number of halogens is 1. The van der Waals surface area contributed by atoms with E-state index in [1.165, 1.54) is 159 Å². The monoisotopic (exact) mass is 1560 g/mol. The van der Waals surface area contributed by atoms with E-state index in [2.05, 4.69) is 478 Å². The highest BCUT2D eigenvalue weighted by atomic mass is 79.9. The van der Waals surface area contributed by atoms with Crippen LogP contribution in [0.1, 0.15) is 0 Å². The minimum atomic E-state index is 1.10. The maximum atomic E-state index is 3.53. The molecule has 0 aliphatic heterocycles. The van der Waals surface area contributed by atoms with Crippen molar-refractivity contribution in [2.24, 2.45) is 0 Å². The SMILES string of the molecule is Brc1ccc(-c2ccc(-c3c4ccccc4c(-c4ccccc4)c4ccccc34)cc2)cc1.c1ccc(-c2c3ccccc3c(-c3ccc(-c4ccc(N(c5ccccc5)c5ccc6c(c5)c5ccccc5n6-c5ccccc5)cc4)cc3)c3ccccc23)cc1.c1ccc(Nc2ccc3c(c2)c2ccccc2n3-c2ccccc2)cc1. The molecule has 22 aromatic rings. The molecule has 0 bridgehead atoms. The standard InChI is InChI=1S/C56H38N2.C32H21Br.C24H18N2/c1-4-16-41(17-5-1)55-48-23-10-12-25-50(48)56(51-26-13-11-24-49(51)55)42-30-28-39(29-31-42)40-32-34-45(35-33-40)57(43-18-6-2-7-19-43)46-36-37-54-52(38-46)47-22-14-15-27-53(47)58(54)44-20-8-3-9-21-44;33-26-20-18-23(19-21-26)22-14-16-25(17-15-22)32-29-12-6-4-10-27(29)31(24-8-2-1-3-9-24)28-11-5-7-13-30(28)32;1-3-9-18(10-4-1)25-19-15-16-24-22(17-19)21-13-7-8-14-23(21)26(24)20-11-5-2-6-12-20/h1-38H;1-21H;1-17,25H. The Morgan fingerprint density at radius 2 is 0.444 bits per heavy atom. The smallest absolute Gasteiger partial charge is 0.0542 e.